The van der Waals surface area contributed by atoms with Crippen molar-refractivity contribution in [1.82, 2.24) is 0 Å². The molecule has 1 saturated carbocycles. The third-order valence-corrected chi connectivity index (χ3v) is 5.05. The molecular formula is C18H23NO2. The number of carbonyl (C=O) groups excluding carboxylic acids is 1. The van der Waals surface area contributed by atoms with Crippen molar-refractivity contribution in [2.45, 2.75) is 39.0 Å². The van der Waals surface area contributed by atoms with E-state index >= 15 is 0 Å². The maximum Gasteiger partial charge on any atom is 0.315 e. The van der Waals surface area contributed by atoms with Crippen LogP contribution in [0.25, 0.3) is 0 Å². The lowest BCUT2D eigenvalue weighted by Gasteiger charge is -2.35. The Hall–Kier alpha value is -1.64. The number of nitrogens with one attached hydrogen (secondary N) is 1. The Kier molecular flexibility index (Phi) is 4.09. The number of rotatable bonds is 3. The Morgan fingerprint density at radius 1 is 1.29 bits per heavy atom. The third kappa shape index (κ3) is 2.61. The van der Waals surface area contributed by atoms with Crippen LogP contribution in [0.15, 0.2) is 24.3 Å². The van der Waals surface area contributed by atoms with E-state index in [-0.39, 0.29) is 17.8 Å². The second kappa shape index (κ2) is 6.00. The highest BCUT2D eigenvalue weighted by Crippen LogP contribution is 2.42. The van der Waals surface area contributed by atoms with Gasteiger partial charge in [-0.1, -0.05) is 49.9 Å². The summed E-state index contributed by atoms with van der Waals surface area (Å²) in [5, 5.41) is 8.53. The van der Waals surface area contributed by atoms with Gasteiger partial charge >= 0.3 is 5.97 Å². The lowest BCUT2D eigenvalue weighted by atomic mass is 9.68. The molecule has 2 aliphatic carbocycles. The average molecular weight is 285 g/mol. The van der Waals surface area contributed by atoms with Crippen molar-refractivity contribution >= 4 is 11.7 Å². The standard InChI is InChI=1S/C18H23NO2/c1-2-21-18(20)16-15(12-7-3-4-8-12)11-13-9-5-6-10-14(13)17(16)19/h5-6,9-10,12,15-16,19H,2-4,7-8,11H2,1H3. The van der Waals surface area contributed by atoms with E-state index in [2.05, 4.69) is 6.07 Å². The Labute approximate surface area is 126 Å². The summed E-state index contributed by atoms with van der Waals surface area (Å²) in [4.78, 5) is 12.4. The van der Waals surface area contributed by atoms with Gasteiger partial charge in [0.2, 0.25) is 0 Å². The van der Waals surface area contributed by atoms with Crippen molar-refractivity contribution in [3.8, 4) is 0 Å². The van der Waals surface area contributed by atoms with E-state index in [0.717, 1.165) is 12.0 Å². The van der Waals surface area contributed by atoms with E-state index in [1.807, 2.05) is 25.1 Å². The minimum atomic E-state index is -0.372. The number of carbonyl (C=O) groups is 1. The van der Waals surface area contributed by atoms with Gasteiger partial charge in [-0.15, -0.1) is 0 Å². The molecule has 1 aromatic rings. The molecule has 0 saturated heterocycles. The van der Waals surface area contributed by atoms with Gasteiger partial charge in [-0.05, 0) is 36.3 Å². The van der Waals surface area contributed by atoms with E-state index in [1.54, 1.807) is 0 Å². The molecule has 2 unspecified atom stereocenters. The second-order valence-corrected chi connectivity index (χ2v) is 6.21. The molecule has 3 rings (SSSR count). The third-order valence-electron chi connectivity index (χ3n) is 5.05. The molecule has 0 aliphatic heterocycles. The highest BCUT2D eigenvalue weighted by molar-refractivity contribution is 6.12. The van der Waals surface area contributed by atoms with Crippen LogP contribution >= 0.6 is 0 Å². The van der Waals surface area contributed by atoms with Crippen LogP contribution < -0.4 is 0 Å². The van der Waals surface area contributed by atoms with Crippen molar-refractivity contribution in [1.29, 1.82) is 5.41 Å². The summed E-state index contributed by atoms with van der Waals surface area (Å²) >= 11 is 0. The molecular weight excluding hydrogens is 262 g/mol. The predicted molar refractivity (Wildman–Crippen MR) is 82.5 cm³/mol. The SMILES string of the molecule is CCOC(=O)C1C(=N)c2ccccc2CC1C1CCCC1. The normalized spacial score (nSPS) is 25.7. The van der Waals surface area contributed by atoms with Crippen molar-refractivity contribution in [3.05, 3.63) is 35.4 Å². The molecule has 0 bridgehead atoms. The maximum absolute atomic E-state index is 12.4. The molecule has 0 amide bonds. The largest absolute Gasteiger partial charge is 0.465 e. The summed E-state index contributed by atoms with van der Waals surface area (Å²) < 4.78 is 5.28. The van der Waals surface area contributed by atoms with Gasteiger partial charge in [0.15, 0.2) is 0 Å². The molecule has 0 spiro atoms. The molecule has 3 nitrogen and oxygen atoms in total. The van der Waals surface area contributed by atoms with Crippen LogP contribution in [0.4, 0.5) is 0 Å². The van der Waals surface area contributed by atoms with Crippen LogP contribution in [-0.2, 0) is 16.0 Å². The molecule has 0 radical (unpaired) electrons. The lowest BCUT2D eigenvalue weighted by molar-refractivity contribution is -0.147. The monoisotopic (exact) mass is 285 g/mol. The average Bonchev–Trinajstić information content (AvgIpc) is 3.01. The van der Waals surface area contributed by atoms with Gasteiger partial charge in [0.05, 0.1) is 12.3 Å². The van der Waals surface area contributed by atoms with Crippen molar-refractivity contribution in [3.63, 3.8) is 0 Å². The number of ether oxygens (including phenoxy) is 1. The molecule has 0 aromatic heterocycles. The van der Waals surface area contributed by atoms with Gasteiger partial charge in [-0.3, -0.25) is 4.79 Å². The maximum atomic E-state index is 12.4. The van der Waals surface area contributed by atoms with E-state index in [1.165, 1.54) is 31.2 Å². The Balaban J connectivity index is 1.96. The predicted octanol–water partition coefficient (Wildman–Crippen LogP) is 3.60. The molecule has 1 aromatic carbocycles. The fraction of sp³-hybridized carbons (Fsp3) is 0.556. The molecule has 112 valence electrons. The summed E-state index contributed by atoms with van der Waals surface area (Å²) in [7, 11) is 0. The van der Waals surface area contributed by atoms with Gasteiger partial charge in [0, 0.05) is 0 Å². The zero-order chi connectivity index (χ0) is 14.8. The lowest BCUT2D eigenvalue weighted by Crippen LogP contribution is -2.41. The number of esters is 1. The van der Waals surface area contributed by atoms with Gasteiger partial charge < -0.3 is 10.1 Å². The summed E-state index contributed by atoms with van der Waals surface area (Å²) in [5.74, 6) is 0.235. The first-order valence-corrected chi connectivity index (χ1v) is 8.05. The van der Waals surface area contributed by atoms with Gasteiger partial charge in [-0.25, -0.2) is 0 Å². The first-order valence-electron chi connectivity index (χ1n) is 8.05. The van der Waals surface area contributed by atoms with Crippen LogP contribution in [0.2, 0.25) is 0 Å². The first-order chi connectivity index (χ1) is 10.2. The number of fused-ring (bicyclic) bond motifs is 1. The fourth-order valence-electron chi connectivity index (χ4n) is 4.06. The second-order valence-electron chi connectivity index (χ2n) is 6.21. The van der Waals surface area contributed by atoms with E-state index in [4.69, 9.17) is 10.1 Å². The van der Waals surface area contributed by atoms with Gasteiger partial charge in [-0.2, -0.15) is 0 Å². The van der Waals surface area contributed by atoms with Crippen LogP contribution in [0, 0.1) is 23.2 Å². The number of benzene rings is 1. The Morgan fingerprint density at radius 3 is 2.71 bits per heavy atom. The van der Waals surface area contributed by atoms with Gasteiger partial charge in [0.1, 0.15) is 5.92 Å². The molecule has 1 N–H and O–H groups in total. The zero-order valence-electron chi connectivity index (χ0n) is 12.6. The minimum absolute atomic E-state index is 0.200. The van der Waals surface area contributed by atoms with Crippen molar-refractivity contribution in [2.24, 2.45) is 17.8 Å². The van der Waals surface area contributed by atoms with E-state index < -0.39 is 0 Å². The van der Waals surface area contributed by atoms with Crippen LogP contribution in [0.3, 0.4) is 0 Å². The zero-order valence-corrected chi connectivity index (χ0v) is 12.6. The molecule has 2 atom stereocenters. The minimum Gasteiger partial charge on any atom is -0.465 e. The summed E-state index contributed by atoms with van der Waals surface area (Å²) in [6, 6.07) is 8.05. The van der Waals surface area contributed by atoms with Crippen LogP contribution in [-0.4, -0.2) is 18.3 Å². The summed E-state index contributed by atoms with van der Waals surface area (Å²) in [6.45, 7) is 2.23. The van der Waals surface area contributed by atoms with Crippen LogP contribution in [0.5, 0.6) is 0 Å². The fourth-order valence-corrected chi connectivity index (χ4v) is 4.06. The molecule has 1 fully saturated rings. The van der Waals surface area contributed by atoms with Crippen molar-refractivity contribution < 1.29 is 9.53 Å². The topological polar surface area (TPSA) is 50.2 Å². The first kappa shape index (κ1) is 14.3. The van der Waals surface area contributed by atoms with Gasteiger partial charge in [0.25, 0.3) is 0 Å². The Morgan fingerprint density at radius 2 is 2.00 bits per heavy atom. The molecule has 3 heteroatoms. The van der Waals surface area contributed by atoms with Crippen LogP contribution in [0.1, 0.15) is 43.7 Å². The van der Waals surface area contributed by atoms with E-state index in [9.17, 15) is 4.79 Å². The highest BCUT2D eigenvalue weighted by atomic mass is 16.5. The highest BCUT2D eigenvalue weighted by Gasteiger charge is 2.42. The quantitative estimate of drug-likeness (QED) is 0.863. The molecule has 21 heavy (non-hydrogen) atoms. The molecule has 0 heterocycles. The Bertz CT molecular complexity index is 546. The summed E-state index contributed by atoms with van der Waals surface area (Å²) in [5.41, 5.74) is 2.62. The molecule has 2 aliphatic rings. The van der Waals surface area contributed by atoms with E-state index in [0.29, 0.717) is 18.2 Å². The smallest absolute Gasteiger partial charge is 0.315 e. The summed E-state index contributed by atoms with van der Waals surface area (Å²) in [6.07, 6.45) is 5.80. The number of hydrogen-bond acceptors (Lipinski definition) is 3. The van der Waals surface area contributed by atoms with Crippen molar-refractivity contribution in [2.75, 3.05) is 6.61 Å². The number of hydrogen-bond donors (Lipinski definition) is 1.